The Hall–Kier alpha value is -1.50. The lowest BCUT2D eigenvalue weighted by Gasteiger charge is -2.42. The molecular weight excluding hydrogens is 377 g/mol. The second-order valence-electron chi connectivity index (χ2n) is 6.79. The van der Waals surface area contributed by atoms with E-state index in [1.54, 1.807) is 12.1 Å². The third kappa shape index (κ3) is 4.61. The summed E-state index contributed by atoms with van der Waals surface area (Å²) in [5, 5.41) is 6.11. The Labute approximate surface area is 165 Å². The van der Waals surface area contributed by atoms with E-state index in [1.165, 1.54) is 27.0 Å². The third-order valence-corrected chi connectivity index (χ3v) is 5.34. The highest BCUT2D eigenvalue weighted by Crippen LogP contribution is 2.32. The van der Waals surface area contributed by atoms with E-state index in [1.807, 2.05) is 0 Å². The van der Waals surface area contributed by atoms with Gasteiger partial charge in [0.05, 0.1) is 23.4 Å². The Morgan fingerprint density at radius 2 is 2.04 bits per heavy atom. The Morgan fingerprint density at radius 1 is 1.27 bits per heavy atom. The number of fused-ring (bicyclic) bond motifs is 2. The predicted molar refractivity (Wildman–Crippen MR) is 105 cm³/mol. The summed E-state index contributed by atoms with van der Waals surface area (Å²) in [6.45, 7) is 4.66. The number of benzene rings is 1. The minimum atomic E-state index is -0.231. The number of nitrogens with zero attached hydrogens (tertiary/aromatic N) is 1. The Balaban J connectivity index is 0.00000243. The molecule has 2 saturated heterocycles. The number of carbonyl (C=O) groups excluding carboxylic acids is 2. The molecule has 2 bridgehead atoms. The normalized spacial score (nSPS) is 24.2. The van der Waals surface area contributed by atoms with Gasteiger partial charge in [-0.3, -0.25) is 9.59 Å². The first kappa shape index (κ1) is 20.8. The maximum atomic E-state index is 12.8. The number of amides is 2. The second kappa shape index (κ2) is 8.93. The number of anilines is 1. The SMILES string of the molecule is COc1cc(NC(C)=O)c(Cl)cc1C(=O)NC1CCN2CCCC1C2.Cl. The number of ether oxygens (including phenoxy) is 1. The fraction of sp³-hybridized carbons (Fsp3) is 0.556. The molecule has 0 aliphatic carbocycles. The number of rotatable bonds is 4. The summed E-state index contributed by atoms with van der Waals surface area (Å²) in [7, 11) is 1.50. The fourth-order valence-corrected chi connectivity index (χ4v) is 4.01. The summed E-state index contributed by atoms with van der Waals surface area (Å²) in [4.78, 5) is 26.5. The average molecular weight is 402 g/mol. The molecule has 0 saturated carbocycles. The van der Waals surface area contributed by atoms with Crippen LogP contribution in [0.15, 0.2) is 12.1 Å². The highest BCUT2D eigenvalue weighted by atomic mass is 35.5. The molecular formula is C18H25Cl2N3O3. The minimum absolute atomic E-state index is 0. The van der Waals surface area contributed by atoms with Crippen molar-refractivity contribution >= 4 is 41.5 Å². The first-order valence-corrected chi connectivity index (χ1v) is 9.04. The van der Waals surface area contributed by atoms with Gasteiger partial charge < -0.3 is 20.3 Å². The molecule has 2 N–H and O–H groups in total. The van der Waals surface area contributed by atoms with Gasteiger partial charge in [0.15, 0.2) is 0 Å². The van der Waals surface area contributed by atoms with Crippen molar-refractivity contribution in [2.45, 2.75) is 32.2 Å². The molecule has 0 aromatic heterocycles. The first-order valence-electron chi connectivity index (χ1n) is 8.66. The Bertz CT molecular complexity index is 684. The molecule has 0 radical (unpaired) electrons. The van der Waals surface area contributed by atoms with Crippen molar-refractivity contribution in [3.63, 3.8) is 0 Å². The Morgan fingerprint density at radius 3 is 2.73 bits per heavy atom. The van der Waals surface area contributed by atoms with E-state index in [-0.39, 0.29) is 30.3 Å². The largest absolute Gasteiger partial charge is 0.496 e. The number of carbonyl (C=O) groups is 2. The van der Waals surface area contributed by atoms with Gasteiger partial charge in [0.25, 0.3) is 5.91 Å². The van der Waals surface area contributed by atoms with Gasteiger partial charge in [-0.25, -0.2) is 0 Å². The van der Waals surface area contributed by atoms with Gasteiger partial charge in [-0.05, 0) is 37.8 Å². The zero-order chi connectivity index (χ0) is 18.0. The van der Waals surface area contributed by atoms with Crippen LogP contribution in [0.1, 0.15) is 36.5 Å². The second-order valence-corrected chi connectivity index (χ2v) is 7.19. The smallest absolute Gasteiger partial charge is 0.255 e. The van der Waals surface area contributed by atoms with Gasteiger partial charge in [0.2, 0.25) is 5.91 Å². The average Bonchev–Trinajstić information content (AvgIpc) is 2.58. The van der Waals surface area contributed by atoms with E-state index < -0.39 is 0 Å². The summed E-state index contributed by atoms with van der Waals surface area (Å²) in [5.74, 6) is 0.487. The summed E-state index contributed by atoms with van der Waals surface area (Å²) in [6.07, 6.45) is 3.31. The van der Waals surface area contributed by atoms with Gasteiger partial charge >= 0.3 is 0 Å². The maximum absolute atomic E-state index is 12.8. The van der Waals surface area contributed by atoms with Crippen LogP contribution >= 0.6 is 24.0 Å². The zero-order valence-electron chi connectivity index (χ0n) is 15.0. The van der Waals surface area contributed by atoms with Gasteiger partial charge in [-0.2, -0.15) is 0 Å². The van der Waals surface area contributed by atoms with Crippen molar-refractivity contribution in [3.05, 3.63) is 22.7 Å². The highest BCUT2D eigenvalue weighted by Gasteiger charge is 2.33. The molecule has 8 heteroatoms. The number of halogens is 2. The zero-order valence-corrected chi connectivity index (χ0v) is 16.6. The highest BCUT2D eigenvalue weighted by molar-refractivity contribution is 6.34. The number of methoxy groups -OCH3 is 1. The standard InChI is InChI=1S/C18H24ClN3O3.ClH/c1-11(23)20-16-9-17(25-2)13(8-14(16)19)18(24)21-15-5-7-22-6-3-4-12(15)10-22;/h8-9,12,15H,3-7,10H2,1-2H3,(H,20,23)(H,21,24);1H. The van der Waals surface area contributed by atoms with Gasteiger partial charge in [-0.1, -0.05) is 11.6 Å². The molecule has 6 nitrogen and oxygen atoms in total. The molecule has 2 aliphatic heterocycles. The molecule has 3 unspecified atom stereocenters. The monoisotopic (exact) mass is 401 g/mol. The lowest BCUT2D eigenvalue weighted by molar-refractivity contribution is -0.114. The summed E-state index contributed by atoms with van der Waals surface area (Å²) < 4.78 is 5.34. The topological polar surface area (TPSA) is 70.7 Å². The van der Waals surface area contributed by atoms with Gasteiger partial charge in [0, 0.05) is 32.1 Å². The molecule has 144 valence electrons. The van der Waals surface area contributed by atoms with Crippen LogP contribution in [-0.4, -0.2) is 49.5 Å². The van der Waals surface area contributed by atoms with E-state index in [2.05, 4.69) is 15.5 Å². The van der Waals surface area contributed by atoms with Gasteiger partial charge in [-0.15, -0.1) is 12.4 Å². The van der Waals surface area contributed by atoms with E-state index in [0.717, 1.165) is 25.9 Å². The summed E-state index contributed by atoms with van der Waals surface area (Å²) in [6, 6.07) is 3.32. The van der Waals surface area contributed by atoms with E-state index in [4.69, 9.17) is 16.3 Å². The number of hydrogen-bond acceptors (Lipinski definition) is 4. The van der Waals surface area contributed by atoms with Crippen molar-refractivity contribution in [2.75, 3.05) is 32.1 Å². The molecule has 1 aromatic rings. The van der Waals surface area contributed by atoms with Crippen molar-refractivity contribution in [2.24, 2.45) is 5.92 Å². The summed E-state index contributed by atoms with van der Waals surface area (Å²) >= 11 is 6.22. The molecule has 3 rings (SSSR count). The molecule has 3 atom stereocenters. The fourth-order valence-electron chi connectivity index (χ4n) is 3.80. The summed E-state index contributed by atoms with van der Waals surface area (Å²) in [5.41, 5.74) is 0.822. The molecule has 0 spiro atoms. The van der Waals surface area contributed by atoms with E-state index >= 15 is 0 Å². The molecule has 2 amide bonds. The Kier molecular flexibility index (Phi) is 7.15. The van der Waals surface area contributed by atoms with Crippen molar-refractivity contribution in [3.8, 4) is 5.75 Å². The van der Waals surface area contributed by atoms with Crippen LogP contribution in [0.2, 0.25) is 5.02 Å². The van der Waals surface area contributed by atoms with Crippen LogP contribution < -0.4 is 15.4 Å². The first-order chi connectivity index (χ1) is 12.0. The van der Waals surface area contributed by atoms with Crippen molar-refractivity contribution in [1.82, 2.24) is 10.2 Å². The molecule has 1 aromatic carbocycles. The number of nitrogens with one attached hydrogen (secondary N) is 2. The van der Waals surface area contributed by atoms with Crippen LogP contribution in [-0.2, 0) is 4.79 Å². The number of hydrogen-bond donors (Lipinski definition) is 2. The van der Waals surface area contributed by atoms with E-state index in [0.29, 0.717) is 27.9 Å². The van der Waals surface area contributed by atoms with Gasteiger partial charge in [0.1, 0.15) is 5.75 Å². The molecule has 2 aliphatic rings. The van der Waals surface area contributed by atoms with Crippen LogP contribution in [0, 0.1) is 5.92 Å². The molecule has 2 fully saturated rings. The van der Waals surface area contributed by atoms with Crippen LogP contribution in [0.4, 0.5) is 5.69 Å². The number of piperidine rings is 2. The maximum Gasteiger partial charge on any atom is 0.255 e. The predicted octanol–water partition coefficient (Wildman–Crippen LogP) is 2.94. The quantitative estimate of drug-likeness (QED) is 0.813. The molecule has 26 heavy (non-hydrogen) atoms. The van der Waals surface area contributed by atoms with Crippen LogP contribution in [0.25, 0.3) is 0 Å². The van der Waals surface area contributed by atoms with Crippen LogP contribution in [0.3, 0.4) is 0 Å². The molecule has 2 heterocycles. The third-order valence-electron chi connectivity index (χ3n) is 5.03. The van der Waals surface area contributed by atoms with Crippen molar-refractivity contribution < 1.29 is 14.3 Å². The minimum Gasteiger partial charge on any atom is -0.496 e. The van der Waals surface area contributed by atoms with Crippen LogP contribution in [0.5, 0.6) is 5.75 Å². The van der Waals surface area contributed by atoms with E-state index in [9.17, 15) is 9.59 Å². The van der Waals surface area contributed by atoms with Crippen molar-refractivity contribution in [1.29, 1.82) is 0 Å². The lowest BCUT2D eigenvalue weighted by Crippen LogP contribution is -2.53. The lowest BCUT2D eigenvalue weighted by atomic mass is 9.85.